The first-order valence-electron chi connectivity index (χ1n) is 11.4. The highest BCUT2D eigenvalue weighted by atomic mass is 19.1. The molecule has 1 amide bonds. The lowest BCUT2D eigenvalue weighted by atomic mass is 10.1. The number of amides is 1. The van der Waals surface area contributed by atoms with Crippen LogP contribution in [0.5, 0.6) is 5.75 Å². The van der Waals surface area contributed by atoms with Crippen LogP contribution in [0.25, 0.3) is 0 Å². The van der Waals surface area contributed by atoms with Crippen molar-refractivity contribution in [2.24, 2.45) is 0 Å². The van der Waals surface area contributed by atoms with Crippen LogP contribution in [0.4, 0.5) is 10.1 Å². The molecule has 2 aliphatic heterocycles. The number of benzene rings is 2. The lowest BCUT2D eigenvalue weighted by Crippen LogP contribution is -2.48. The highest BCUT2D eigenvalue weighted by molar-refractivity contribution is 5.94. The van der Waals surface area contributed by atoms with E-state index in [9.17, 15) is 9.18 Å². The van der Waals surface area contributed by atoms with Crippen molar-refractivity contribution in [3.05, 3.63) is 59.9 Å². The minimum Gasteiger partial charge on any atom is -0.490 e. The van der Waals surface area contributed by atoms with E-state index in [1.54, 1.807) is 17.0 Å². The first kappa shape index (κ1) is 21.6. The molecule has 2 fully saturated rings. The number of likely N-dealkylation sites (tertiary alicyclic amines) is 1. The van der Waals surface area contributed by atoms with Crippen molar-refractivity contribution in [1.82, 2.24) is 9.80 Å². The molecule has 166 valence electrons. The lowest BCUT2D eigenvalue weighted by Gasteiger charge is -2.36. The molecule has 0 bridgehead atoms. The van der Waals surface area contributed by atoms with E-state index in [1.807, 2.05) is 18.2 Å². The number of ether oxygens (including phenoxy) is 1. The van der Waals surface area contributed by atoms with E-state index in [0.29, 0.717) is 25.3 Å². The van der Waals surface area contributed by atoms with Gasteiger partial charge >= 0.3 is 0 Å². The Labute approximate surface area is 184 Å². The van der Waals surface area contributed by atoms with Gasteiger partial charge < -0.3 is 19.4 Å². The van der Waals surface area contributed by atoms with Crippen LogP contribution in [0.3, 0.4) is 0 Å². The quantitative estimate of drug-likeness (QED) is 0.628. The van der Waals surface area contributed by atoms with Crippen molar-refractivity contribution in [1.29, 1.82) is 0 Å². The van der Waals surface area contributed by atoms with Crippen molar-refractivity contribution in [2.45, 2.75) is 25.7 Å². The largest absolute Gasteiger partial charge is 0.490 e. The number of rotatable bonds is 7. The first-order valence-corrected chi connectivity index (χ1v) is 11.4. The van der Waals surface area contributed by atoms with Crippen LogP contribution in [-0.2, 0) is 0 Å². The normalized spacial score (nSPS) is 17.6. The average molecular weight is 426 g/mol. The molecule has 4 rings (SSSR count). The molecule has 0 N–H and O–H groups in total. The molecule has 0 aliphatic carbocycles. The minimum absolute atomic E-state index is 0.122. The van der Waals surface area contributed by atoms with Crippen LogP contribution in [0.15, 0.2) is 48.5 Å². The second-order valence-corrected chi connectivity index (χ2v) is 8.36. The van der Waals surface area contributed by atoms with Gasteiger partial charge in [-0.2, -0.15) is 0 Å². The molecule has 2 aliphatic rings. The molecule has 31 heavy (non-hydrogen) atoms. The fraction of sp³-hybridized carbons (Fsp3) is 0.480. The van der Waals surface area contributed by atoms with Gasteiger partial charge in [-0.15, -0.1) is 0 Å². The number of hydrogen-bond donors (Lipinski definition) is 0. The van der Waals surface area contributed by atoms with Gasteiger partial charge in [-0.3, -0.25) is 4.79 Å². The maximum absolute atomic E-state index is 14.5. The van der Waals surface area contributed by atoms with Gasteiger partial charge in [0.25, 0.3) is 5.91 Å². The van der Waals surface area contributed by atoms with Crippen molar-refractivity contribution < 1.29 is 13.9 Å². The van der Waals surface area contributed by atoms with Gasteiger partial charge in [-0.05, 0) is 62.7 Å². The van der Waals surface area contributed by atoms with Crippen LogP contribution < -0.4 is 9.64 Å². The van der Waals surface area contributed by atoms with Gasteiger partial charge in [0, 0.05) is 44.0 Å². The van der Waals surface area contributed by atoms with E-state index in [2.05, 4.69) is 21.9 Å². The maximum atomic E-state index is 14.5. The predicted molar refractivity (Wildman–Crippen MR) is 121 cm³/mol. The summed E-state index contributed by atoms with van der Waals surface area (Å²) in [5.41, 5.74) is 1.55. The van der Waals surface area contributed by atoms with E-state index in [1.165, 1.54) is 31.0 Å². The van der Waals surface area contributed by atoms with E-state index < -0.39 is 5.82 Å². The number of nitrogens with zero attached hydrogens (tertiary/aromatic N) is 3. The zero-order chi connectivity index (χ0) is 21.5. The maximum Gasteiger partial charge on any atom is 0.254 e. The van der Waals surface area contributed by atoms with E-state index in [-0.39, 0.29) is 11.7 Å². The summed E-state index contributed by atoms with van der Waals surface area (Å²) in [6, 6.07) is 14.8. The molecule has 0 unspecified atom stereocenters. The molecule has 2 saturated heterocycles. The number of carbonyl (C=O) groups is 1. The summed E-state index contributed by atoms with van der Waals surface area (Å²) in [7, 11) is 0. The Hall–Kier alpha value is -2.60. The summed E-state index contributed by atoms with van der Waals surface area (Å²) < 4.78 is 20.2. The van der Waals surface area contributed by atoms with Gasteiger partial charge in [-0.25, -0.2) is 4.39 Å². The molecule has 0 radical (unpaired) electrons. The van der Waals surface area contributed by atoms with Gasteiger partial charge in [0.2, 0.25) is 0 Å². The second-order valence-electron chi connectivity index (χ2n) is 8.36. The Bertz CT molecular complexity index is 847. The van der Waals surface area contributed by atoms with Gasteiger partial charge in [-0.1, -0.05) is 24.6 Å². The van der Waals surface area contributed by atoms with Crippen LogP contribution in [0.2, 0.25) is 0 Å². The van der Waals surface area contributed by atoms with Crippen molar-refractivity contribution in [3.8, 4) is 5.75 Å². The van der Waals surface area contributed by atoms with E-state index in [0.717, 1.165) is 39.1 Å². The fourth-order valence-electron chi connectivity index (χ4n) is 4.39. The highest BCUT2D eigenvalue weighted by Crippen LogP contribution is 2.21. The monoisotopic (exact) mass is 425 g/mol. The Morgan fingerprint density at radius 2 is 1.65 bits per heavy atom. The zero-order valence-electron chi connectivity index (χ0n) is 18.1. The standard InChI is InChI=1S/C25H32FN3O2/c26-23-20-21(10-11-24(23)31-19-7-14-27-12-5-2-6-13-27)25(30)29-17-15-28(16-18-29)22-8-3-1-4-9-22/h1,3-4,8-11,20H,2,5-7,12-19H2. The molecule has 0 spiro atoms. The summed E-state index contributed by atoms with van der Waals surface area (Å²) >= 11 is 0. The number of hydrogen-bond acceptors (Lipinski definition) is 4. The Balaban J connectivity index is 1.25. The summed E-state index contributed by atoms with van der Waals surface area (Å²) in [5, 5.41) is 0. The van der Waals surface area contributed by atoms with E-state index in [4.69, 9.17) is 4.74 Å². The summed E-state index contributed by atoms with van der Waals surface area (Å²) in [6.45, 7) is 6.60. The van der Waals surface area contributed by atoms with Gasteiger partial charge in [0.05, 0.1) is 6.61 Å². The van der Waals surface area contributed by atoms with Crippen molar-refractivity contribution in [2.75, 3.05) is 57.3 Å². The number of piperazine rings is 1. The number of piperidine rings is 1. The molecule has 0 aromatic heterocycles. The molecular weight excluding hydrogens is 393 g/mol. The van der Waals surface area contributed by atoms with E-state index >= 15 is 0 Å². The molecule has 2 heterocycles. The predicted octanol–water partition coefficient (Wildman–Crippen LogP) is 4.04. The molecule has 0 saturated carbocycles. The third-order valence-corrected chi connectivity index (χ3v) is 6.19. The van der Waals surface area contributed by atoms with Crippen LogP contribution >= 0.6 is 0 Å². The Kier molecular flexibility index (Phi) is 7.41. The average Bonchev–Trinajstić information content (AvgIpc) is 2.83. The molecule has 2 aromatic rings. The number of carbonyl (C=O) groups excluding carboxylic acids is 1. The highest BCUT2D eigenvalue weighted by Gasteiger charge is 2.23. The molecule has 2 aromatic carbocycles. The Morgan fingerprint density at radius 3 is 2.35 bits per heavy atom. The van der Waals surface area contributed by atoms with Gasteiger partial charge in [0.15, 0.2) is 11.6 Å². The molecule has 6 heteroatoms. The van der Waals surface area contributed by atoms with Crippen LogP contribution in [-0.4, -0.2) is 68.1 Å². The Morgan fingerprint density at radius 1 is 0.903 bits per heavy atom. The summed E-state index contributed by atoms with van der Waals surface area (Å²) in [5.74, 6) is -0.362. The minimum atomic E-state index is -0.466. The SMILES string of the molecule is O=C(c1ccc(OCCCN2CCCCC2)c(F)c1)N1CCN(c2ccccc2)CC1. The first-order chi connectivity index (χ1) is 15.2. The number of anilines is 1. The van der Waals surface area contributed by atoms with Crippen LogP contribution in [0.1, 0.15) is 36.0 Å². The molecular formula is C25H32FN3O2. The zero-order valence-corrected chi connectivity index (χ0v) is 18.1. The fourth-order valence-corrected chi connectivity index (χ4v) is 4.39. The molecule has 5 nitrogen and oxygen atoms in total. The van der Waals surface area contributed by atoms with Crippen molar-refractivity contribution in [3.63, 3.8) is 0 Å². The van der Waals surface area contributed by atoms with Crippen molar-refractivity contribution >= 4 is 11.6 Å². The topological polar surface area (TPSA) is 36.0 Å². The summed E-state index contributed by atoms with van der Waals surface area (Å²) in [6.07, 6.45) is 4.75. The second kappa shape index (κ2) is 10.6. The number of para-hydroxylation sites is 1. The smallest absolute Gasteiger partial charge is 0.254 e. The number of halogens is 1. The summed E-state index contributed by atoms with van der Waals surface area (Å²) in [4.78, 5) is 19.4. The van der Waals surface area contributed by atoms with Gasteiger partial charge in [0.1, 0.15) is 0 Å². The molecule has 0 atom stereocenters. The van der Waals surface area contributed by atoms with Crippen LogP contribution in [0, 0.1) is 5.82 Å². The lowest BCUT2D eigenvalue weighted by molar-refractivity contribution is 0.0746. The third-order valence-electron chi connectivity index (χ3n) is 6.19. The third kappa shape index (κ3) is 5.76.